The molecule has 0 aliphatic carbocycles. The van der Waals surface area contributed by atoms with Gasteiger partial charge in [-0.15, -0.1) is 0 Å². The van der Waals surface area contributed by atoms with Gasteiger partial charge in [0.25, 0.3) is 0 Å². The van der Waals surface area contributed by atoms with Crippen molar-refractivity contribution in [1.29, 1.82) is 0 Å². The summed E-state index contributed by atoms with van der Waals surface area (Å²) >= 11 is 0. The highest BCUT2D eigenvalue weighted by Gasteiger charge is 2.22. The van der Waals surface area contributed by atoms with Crippen LogP contribution in [0, 0.1) is 5.92 Å². The minimum absolute atomic E-state index is 0.0348. The van der Waals surface area contributed by atoms with Crippen LogP contribution in [0.5, 0.6) is 0 Å². The van der Waals surface area contributed by atoms with Gasteiger partial charge in [-0.3, -0.25) is 9.59 Å². The third-order valence-electron chi connectivity index (χ3n) is 2.75. The van der Waals surface area contributed by atoms with Gasteiger partial charge in [-0.2, -0.15) is 0 Å². The van der Waals surface area contributed by atoms with Gasteiger partial charge >= 0.3 is 0 Å². The Bertz CT molecular complexity index is 267. The van der Waals surface area contributed by atoms with Crippen molar-refractivity contribution in [1.82, 2.24) is 15.1 Å². The fourth-order valence-corrected chi connectivity index (χ4v) is 1.60. The fraction of sp³-hybridized carbons (Fsp3) is 0.846. The lowest BCUT2D eigenvalue weighted by Gasteiger charge is -2.26. The fourth-order valence-electron chi connectivity index (χ4n) is 1.60. The standard InChI is InChI=1S/C13H27N3O2/c1-6-8-16(10-12(17)15(4)5)13(18)11(3)9-14-7-2/h11,14H,6-10H2,1-5H3. The minimum Gasteiger partial charge on any atom is -0.347 e. The Morgan fingerprint density at radius 1 is 1.22 bits per heavy atom. The van der Waals surface area contributed by atoms with Crippen LogP contribution >= 0.6 is 0 Å². The Morgan fingerprint density at radius 2 is 1.83 bits per heavy atom. The molecule has 1 N–H and O–H groups in total. The second-order valence-corrected chi connectivity index (χ2v) is 4.76. The molecule has 0 rings (SSSR count). The molecule has 18 heavy (non-hydrogen) atoms. The summed E-state index contributed by atoms with van der Waals surface area (Å²) in [4.78, 5) is 27.1. The Hall–Kier alpha value is -1.10. The average Bonchev–Trinajstić information content (AvgIpc) is 2.34. The molecule has 0 radical (unpaired) electrons. The first-order valence-corrected chi connectivity index (χ1v) is 6.63. The molecule has 0 aromatic carbocycles. The quantitative estimate of drug-likeness (QED) is 0.691. The average molecular weight is 257 g/mol. The zero-order valence-corrected chi connectivity index (χ0v) is 12.3. The van der Waals surface area contributed by atoms with E-state index in [2.05, 4.69) is 5.32 Å². The molecule has 0 fully saturated rings. The molecule has 0 heterocycles. The lowest BCUT2D eigenvalue weighted by atomic mass is 10.1. The molecule has 5 nitrogen and oxygen atoms in total. The summed E-state index contributed by atoms with van der Waals surface area (Å²) in [6, 6.07) is 0. The van der Waals surface area contributed by atoms with Crippen molar-refractivity contribution in [2.75, 3.05) is 40.3 Å². The highest BCUT2D eigenvalue weighted by Crippen LogP contribution is 2.03. The van der Waals surface area contributed by atoms with Crippen LogP contribution in [0.1, 0.15) is 27.2 Å². The molecule has 0 bridgehead atoms. The summed E-state index contributed by atoms with van der Waals surface area (Å²) in [6.45, 7) is 8.23. The van der Waals surface area contributed by atoms with Gasteiger partial charge in [-0.05, 0) is 13.0 Å². The number of nitrogens with zero attached hydrogens (tertiary/aromatic N) is 2. The van der Waals surface area contributed by atoms with Gasteiger partial charge in [-0.1, -0.05) is 20.8 Å². The van der Waals surface area contributed by atoms with Crippen LogP contribution in [0.2, 0.25) is 0 Å². The molecule has 0 aliphatic heterocycles. The van der Waals surface area contributed by atoms with E-state index in [4.69, 9.17) is 0 Å². The molecule has 2 amide bonds. The topological polar surface area (TPSA) is 52.7 Å². The highest BCUT2D eigenvalue weighted by molar-refractivity contribution is 5.85. The number of rotatable bonds is 8. The van der Waals surface area contributed by atoms with Crippen LogP contribution in [-0.2, 0) is 9.59 Å². The van der Waals surface area contributed by atoms with Gasteiger partial charge in [0, 0.05) is 33.1 Å². The number of likely N-dealkylation sites (N-methyl/N-ethyl adjacent to an activating group) is 1. The van der Waals surface area contributed by atoms with Crippen molar-refractivity contribution in [3.8, 4) is 0 Å². The van der Waals surface area contributed by atoms with Gasteiger partial charge in [0.2, 0.25) is 11.8 Å². The summed E-state index contributed by atoms with van der Waals surface area (Å²) in [5, 5.41) is 3.16. The highest BCUT2D eigenvalue weighted by atomic mass is 16.2. The van der Waals surface area contributed by atoms with Crippen LogP contribution in [0.25, 0.3) is 0 Å². The molecule has 1 atom stereocenters. The van der Waals surface area contributed by atoms with E-state index >= 15 is 0 Å². The van der Waals surface area contributed by atoms with Crippen molar-refractivity contribution < 1.29 is 9.59 Å². The first kappa shape index (κ1) is 16.9. The lowest BCUT2D eigenvalue weighted by Crippen LogP contribution is -2.44. The molecule has 5 heteroatoms. The summed E-state index contributed by atoms with van der Waals surface area (Å²) in [5.74, 6) is -0.0769. The van der Waals surface area contributed by atoms with Crippen LogP contribution < -0.4 is 5.32 Å². The van der Waals surface area contributed by atoms with Gasteiger partial charge in [0.05, 0.1) is 6.54 Å². The Kier molecular flexibility index (Phi) is 8.37. The molecular weight excluding hydrogens is 230 g/mol. The van der Waals surface area contributed by atoms with Gasteiger partial charge in [0.1, 0.15) is 0 Å². The third-order valence-corrected chi connectivity index (χ3v) is 2.75. The molecular formula is C13H27N3O2. The lowest BCUT2D eigenvalue weighted by molar-refractivity contribution is -0.141. The number of hydrogen-bond donors (Lipinski definition) is 1. The first-order valence-electron chi connectivity index (χ1n) is 6.63. The van der Waals surface area contributed by atoms with Gasteiger partial charge in [-0.25, -0.2) is 0 Å². The van der Waals surface area contributed by atoms with Crippen molar-refractivity contribution in [3.63, 3.8) is 0 Å². The molecule has 106 valence electrons. The second kappa shape index (κ2) is 8.91. The van der Waals surface area contributed by atoms with Crippen molar-refractivity contribution in [2.45, 2.75) is 27.2 Å². The predicted octanol–water partition coefficient (Wildman–Crippen LogP) is 0.559. The van der Waals surface area contributed by atoms with Crippen molar-refractivity contribution >= 4 is 11.8 Å². The number of nitrogens with one attached hydrogen (secondary N) is 1. The maximum absolute atomic E-state index is 12.2. The van der Waals surface area contributed by atoms with Gasteiger partial charge < -0.3 is 15.1 Å². The number of carbonyl (C=O) groups excluding carboxylic acids is 2. The van der Waals surface area contributed by atoms with E-state index in [1.165, 1.54) is 4.90 Å². The Balaban J connectivity index is 4.47. The van der Waals surface area contributed by atoms with Crippen LogP contribution in [0.3, 0.4) is 0 Å². The zero-order chi connectivity index (χ0) is 14.1. The molecule has 0 saturated carbocycles. The summed E-state index contributed by atoms with van der Waals surface area (Å²) < 4.78 is 0. The van der Waals surface area contributed by atoms with Gasteiger partial charge in [0.15, 0.2) is 0 Å². The van der Waals surface area contributed by atoms with E-state index in [-0.39, 0.29) is 24.3 Å². The van der Waals surface area contributed by atoms with E-state index in [0.717, 1.165) is 13.0 Å². The monoisotopic (exact) mass is 257 g/mol. The molecule has 0 aromatic heterocycles. The molecule has 0 spiro atoms. The van der Waals surface area contributed by atoms with E-state index in [9.17, 15) is 9.59 Å². The molecule has 0 saturated heterocycles. The van der Waals surface area contributed by atoms with Crippen molar-refractivity contribution in [3.05, 3.63) is 0 Å². The predicted molar refractivity (Wildman–Crippen MR) is 73.3 cm³/mol. The van der Waals surface area contributed by atoms with E-state index in [0.29, 0.717) is 13.1 Å². The zero-order valence-electron chi connectivity index (χ0n) is 12.3. The second-order valence-electron chi connectivity index (χ2n) is 4.76. The van der Waals surface area contributed by atoms with Crippen molar-refractivity contribution in [2.24, 2.45) is 5.92 Å². The summed E-state index contributed by atoms with van der Waals surface area (Å²) in [7, 11) is 3.41. The van der Waals surface area contributed by atoms with E-state index in [1.807, 2.05) is 20.8 Å². The Labute approximate surface area is 111 Å². The largest absolute Gasteiger partial charge is 0.347 e. The minimum atomic E-state index is -0.0912. The smallest absolute Gasteiger partial charge is 0.241 e. The maximum Gasteiger partial charge on any atom is 0.241 e. The number of hydrogen-bond acceptors (Lipinski definition) is 3. The normalized spacial score (nSPS) is 12.1. The first-order chi connectivity index (χ1) is 8.43. The summed E-state index contributed by atoms with van der Waals surface area (Å²) in [5.41, 5.74) is 0. The number of amides is 2. The third kappa shape index (κ3) is 6.00. The van der Waals surface area contributed by atoms with Crippen LogP contribution in [0.15, 0.2) is 0 Å². The SMILES string of the molecule is CCCN(CC(=O)N(C)C)C(=O)C(C)CNCC. The van der Waals surface area contributed by atoms with E-state index in [1.54, 1.807) is 19.0 Å². The molecule has 0 aliphatic rings. The Morgan fingerprint density at radius 3 is 2.28 bits per heavy atom. The molecule has 0 aromatic rings. The number of carbonyl (C=O) groups is 2. The maximum atomic E-state index is 12.2. The van der Waals surface area contributed by atoms with Crippen LogP contribution in [0.4, 0.5) is 0 Å². The molecule has 1 unspecified atom stereocenters. The van der Waals surface area contributed by atoms with Crippen LogP contribution in [-0.4, -0.2) is 61.9 Å². The van der Waals surface area contributed by atoms with E-state index < -0.39 is 0 Å². The summed E-state index contributed by atoms with van der Waals surface area (Å²) in [6.07, 6.45) is 0.861.